The van der Waals surface area contributed by atoms with E-state index in [1.165, 1.54) is 12.0 Å². The van der Waals surface area contributed by atoms with Crippen LogP contribution in [0.4, 0.5) is 0 Å². The van der Waals surface area contributed by atoms with Crippen molar-refractivity contribution >= 4 is 6.29 Å². The number of aryl methyl sites for hydroxylation is 2. The molecule has 0 saturated heterocycles. The number of phenols is 1. The van der Waals surface area contributed by atoms with Gasteiger partial charge in [-0.3, -0.25) is 4.79 Å². The number of rotatable bonds is 1. The number of carbonyl (C=O) groups is 1. The molecule has 0 unspecified atom stereocenters. The number of hydrogen-bond acceptors (Lipinski definition) is 2. The molecular formula is C12H14O2. The Balaban J connectivity index is 2.63. The smallest absolute Gasteiger partial charge is 0.154 e. The van der Waals surface area contributed by atoms with Gasteiger partial charge in [-0.15, -0.1) is 0 Å². The van der Waals surface area contributed by atoms with Gasteiger partial charge in [-0.2, -0.15) is 0 Å². The lowest BCUT2D eigenvalue weighted by Gasteiger charge is -2.19. The fourth-order valence-electron chi connectivity index (χ4n) is 2.20. The van der Waals surface area contributed by atoms with Gasteiger partial charge in [-0.25, -0.2) is 0 Å². The normalized spacial score (nSPS) is 14.9. The second kappa shape index (κ2) is 3.45. The highest BCUT2D eigenvalue weighted by molar-refractivity contribution is 5.82. The molecule has 0 heterocycles. The highest BCUT2D eigenvalue weighted by Gasteiger charge is 2.17. The molecule has 1 aliphatic carbocycles. The van der Waals surface area contributed by atoms with Gasteiger partial charge in [0.25, 0.3) is 0 Å². The number of carbonyl (C=O) groups excluding carboxylic acids is 1. The maximum absolute atomic E-state index is 10.8. The number of benzene rings is 1. The quantitative estimate of drug-likeness (QED) is 0.690. The summed E-state index contributed by atoms with van der Waals surface area (Å²) in [5.41, 5.74) is 3.56. The highest BCUT2D eigenvalue weighted by Crippen LogP contribution is 2.33. The van der Waals surface area contributed by atoms with Gasteiger partial charge in [0.2, 0.25) is 0 Å². The van der Waals surface area contributed by atoms with E-state index in [1.807, 2.05) is 13.0 Å². The molecule has 74 valence electrons. The van der Waals surface area contributed by atoms with Gasteiger partial charge in [-0.05, 0) is 49.3 Å². The maximum Gasteiger partial charge on any atom is 0.154 e. The van der Waals surface area contributed by atoms with Crippen LogP contribution < -0.4 is 0 Å². The molecule has 1 aromatic carbocycles. The first kappa shape index (κ1) is 9.25. The number of aromatic hydroxyl groups is 1. The average molecular weight is 190 g/mol. The minimum atomic E-state index is 0.217. The molecule has 0 radical (unpaired) electrons. The zero-order valence-corrected chi connectivity index (χ0v) is 8.34. The van der Waals surface area contributed by atoms with Crippen molar-refractivity contribution in [2.75, 3.05) is 0 Å². The van der Waals surface area contributed by atoms with Crippen molar-refractivity contribution in [2.45, 2.75) is 32.6 Å². The van der Waals surface area contributed by atoms with Crippen LogP contribution in [0.25, 0.3) is 0 Å². The molecule has 2 heteroatoms. The largest absolute Gasteiger partial charge is 0.507 e. The zero-order chi connectivity index (χ0) is 10.1. The third-order valence-electron chi connectivity index (χ3n) is 2.98. The number of phenolic OH excluding ortho intramolecular Hbond substituents is 1. The molecule has 1 aliphatic rings. The molecule has 2 rings (SSSR count). The fraction of sp³-hybridized carbons (Fsp3) is 0.417. The van der Waals surface area contributed by atoms with Crippen LogP contribution in [0.3, 0.4) is 0 Å². The lowest BCUT2D eigenvalue weighted by molar-refractivity contribution is 0.112. The first-order chi connectivity index (χ1) is 6.74. The minimum absolute atomic E-state index is 0.217. The first-order valence-corrected chi connectivity index (χ1v) is 5.03. The Morgan fingerprint density at radius 2 is 2.07 bits per heavy atom. The Bertz CT molecular complexity index is 380. The van der Waals surface area contributed by atoms with Gasteiger partial charge in [0.1, 0.15) is 5.75 Å². The van der Waals surface area contributed by atoms with Gasteiger partial charge in [0.05, 0.1) is 5.56 Å². The highest BCUT2D eigenvalue weighted by atomic mass is 16.3. The van der Waals surface area contributed by atoms with E-state index < -0.39 is 0 Å². The lowest BCUT2D eigenvalue weighted by atomic mass is 9.87. The maximum atomic E-state index is 10.8. The summed E-state index contributed by atoms with van der Waals surface area (Å²) in [7, 11) is 0. The Kier molecular flexibility index (Phi) is 2.28. The summed E-state index contributed by atoms with van der Waals surface area (Å²) in [6.45, 7) is 1.87. The van der Waals surface area contributed by atoms with Crippen LogP contribution >= 0.6 is 0 Å². The lowest BCUT2D eigenvalue weighted by Crippen LogP contribution is -2.05. The third kappa shape index (κ3) is 1.31. The Morgan fingerprint density at radius 3 is 2.79 bits per heavy atom. The SMILES string of the molecule is Cc1cc2c(c(O)c1C=O)CCCC2. The summed E-state index contributed by atoms with van der Waals surface area (Å²) >= 11 is 0. The van der Waals surface area contributed by atoms with E-state index in [1.54, 1.807) is 0 Å². The summed E-state index contributed by atoms with van der Waals surface area (Å²) in [5.74, 6) is 0.217. The van der Waals surface area contributed by atoms with Crippen molar-refractivity contribution < 1.29 is 9.90 Å². The van der Waals surface area contributed by atoms with Crippen LogP contribution in [0.5, 0.6) is 5.75 Å². The number of hydrogen-bond donors (Lipinski definition) is 1. The second-order valence-electron chi connectivity index (χ2n) is 3.92. The van der Waals surface area contributed by atoms with E-state index in [4.69, 9.17) is 0 Å². The molecule has 0 aromatic heterocycles. The van der Waals surface area contributed by atoms with Gasteiger partial charge in [0.15, 0.2) is 6.29 Å². The molecule has 14 heavy (non-hydrogen) atoms. The van der Waals surface area contributed by atoms with Gasteiger partial charge >= 0.3 is 0 Å². The van der Waals surface area contributed by atoms with E-state index in [9.17, 15) is 9.90 Å². The molecule has 1 N–H and O–H groups in total. The first-order valence-electron chi connectivity index (χ1n) is 5.03. The van der Waals surface area contributed by atoms with Crippen LogP contribution in [0.15, 0.2) is 6.07 Å². The van der Waals surface area contributed by atoms with Crippen molar-refractivity contribution in [1.29, 1.82) is 0 Å². The predicted molar refractivity (Wildman–Crippen MR) is 54.9 cm³/mol. The average Bonchev–Trinajstić information content (AvgIpc) is 2.18. The van der Waals surface area contributed by atoms with Crippen molar-refractivity contribution in [2.24, 2.45) is 0 Å². The molecule has 0 bridgehead atoms. The molecule has 0 aliphatic heterocycles. The summed E-state index contributed by atoms with van der Waals surface area (Å²) in [6.07, 6.45) is 4.99. The van der Waals surface area contributed by atoms with Crippen LogP contribution in [0.1, 0.15) is 39.9 Å². The summed E-state index contributed by atoms with van der Waals surface area (Å²) < 4.78 is 0. The Morgan fingerprint density at radius 1 is 1.36 bits per heavy atom. The molecule has 0 amide bonds. The van der Waals surface area contributed by atoms with E-state index in [0.717, 1.165) is 36.7 Å². The van der Waals surface area contributed by atoms with Crippen molar-refractivity contribution in [3.8, 4) is 5.75 Å². The van der Waals surface area contributed by atoms with Crippen LogP contribution in [-0.4, -0.2) is 11.4 Å². The fourth-order valence-corrected chi connectivity index (χ4v) is 2.20. The zero-order valence-electron chi connectivity index (χ0n) is 8.34. The van der Waals surface area contributed by atoms with Gasteiger partial charge in [0, 0.05) is 0 Å². The Labute approximate surface area is 83.6 Å². The molecule has 1 aromatic rings. The Hall–Kier alpha value is -1.31. The van der Waals surface area contributed by atoms with E-state index in [-0.39, 0.29) is 5.75 Å². The van der Waals surface area contributed by atoms with Gasteiger partial charge < -0.3 is 5.11 Å². The number of aldehydes is 1. The summed E-state index contributed by atoms with van der Waals surface area (Å²) in [5, 5.41) is 9.88. The standard InChI is InChI=1S/C12H14O2/c1-8-6-9-4-2-3-5-10(9)12(14)11(8)7-13/h6-7,14H,2-5H2,1H3. The summed E-state index contributed by atoms with van der Waals surface area (Å²) in [4.78, 5) is 10.8. The molecule has 0 fully saturated rings. The van der Waals surface area contributed by atoms with E-state index in [2.05, 4.69) is 0 Å². The van der Waals surface area contributed by atoms with Crippen LogP contribution in [0, 0.1) is 6.92 Å². The molecule has 0 spiro atoms. The number of fused-ring (bicyclic) bond motifs is 1. The predicted octanol–water partition coefficient (Wildman–Crippen LogP) is 2.39. The monoisotopic (exact) mass is 190 g/mol. The van der Waals surface area contributed by atoms with Crippen molar-refractivity contribution in [3.05, 3.63) is 28.3 Å². The van der Waals surface area contributed by atoms with Crippen LogP contribution in [-0.2, 0) is 12.8 Å². The molecule has 0 saturated carbocycles. The van der Waals surface area contributed by atoms with Gasteiger partial charge in [-0.1, -0.05) is 6.07 Å². The molecule has 0 atom stereocenters. The third-order valence-corrected chi connectivity index (χ3v) is 2.98. The molecule has 2 nitrogen and oxygen atoms in total. The molecular weight excluding hydrogens is 176 g/mol. The minimum Gasteiger partial charge on any atom is -0.507 e. The topological polar surface area (TPSA) is 37.3 Å². The second-order valence-corrected chi connectivity index (χ2v) is 3.92. The van der Waals surface area contributed by atoms with Crippen molar-refractivity contribution in [1.82, 2.24) is 0 Å². The van der Waals surface area contributed by atoms with Crippen LogP contribution in [0.2, 0.25) is 0 Å². The van der Waals surface area contributed by atoms with Crippen molar-refractivity contribution in [3.63, 3.8) is 0 Å². The van der Waals surface area contributed by atoms with E-state index in [0.29, 0.717) is 5.56 Å². The summed E-state index contributed by atoms with van der Waals surface area (Å²) in [6, 6.07) is 2.04. The van der Waals surface area contributed by atoms with E-state index >= 15 is 0 Å².